The summed E-state index contributed by atoms with van der Waals surface area (Å²) >= 11 is 0. The number of nitrogens with one attached hydrogen (secondary N) is 1. The van der Waals surface area contributed by atoms with E-state index in [4.69, 9.17) is 13.9 Å². The van der Waals surface area contributed by atoms with Gasteiger partial charge in [0.15, 0.2) is 11.5 Å². The van der Waals surface area contributed by atoms with Crippen molar-refractivity contribution in [2.24, 2.45) is 0 Å². The summed E-state index contributed by atoms with van der Waals surface area (Å²) in [7, 11) is 0. The highest BCUT2D eigenvalue weighted by Crippen LogP contribution is 2.33. The number of para-hydroxylation sites is 1. The second-order valence-electron chi connectivity index (χ2n) is 6.59. The van der Waals surface area contributed by atoms with Gasteiger partial charge in [0.2, 0.25) is 5.91 Å². The fourth-order valence-electron chi connectivity index (χ4n) is 3.18. The van der Waals surface area contributed by atoms with E-state index in [2.05, 4.69) is 25.2 Å². The molecule has 5 heteroatoms. The molecule has 0 saturated carbocycles. The number of carbonyl (C=O) groups is 1. The van der Waals surface area contributed by atoms with E-state index in [0.717, 1.165) is 33.6 Å². The van der Waals surface area contributed by atoms with Crippen LogP contribution in [-0.2, 0) is 17.8 Å². The second-order valence-corrected chi connectivity index (χ2v) is 6.59. The SMILES string of the molecule is Cc1cc2occ(CC(=O)NCc3cccc4c3OCCO4)c2cc1C. The van der Waals surface area contributed by atoms with Crippen LogP contribution in [0.3, 0.4) is 0 Å². The predicted octanol–water partition coefficient (Wildman–Crippen LogP) is 3.68. The van der Waals surface area contributed by atoms with Gasteiger partial charge in [0, 0.05) is 23.1 Å². The fourth-order valence-corrected chi connectivity index (χ4v) is 3.18. The van der Waals surface area contributed by atoms with Crippen LogP contribution in [0.15, 0.2) is 41.0 Å². The van der Waals surface area contributed by atoms with Gasteiger partial charge in [-0.05, 0) is 43.2 Å². The molecule has 26 heavy (non-hydrogen) atoms. The van der Waals surface area contributed by atoms with E-state index >= 15 is 0 Å². The molecule has 0 saturated heterocycles. The Morgan fingerprint density at radius 2 is 1.88 bits per heavy atom. The highest BCUT2D eigenvalue weighted by atomic mass is 16.6. The van der Waals surface area contributed by atoms with Crippen LogP contribution in [0.2, 0.25) is 0 Å². The highest BCUT2D eigenvalue weighted by molar-refractivity contribution is 5.88. The lowest BCUT2D eigenvalue weighted by Crippen LogP contribution is -2.25. The molecule has 0 bridgehead atoms. The fraction of sp³-hybridized carbons (Fsp3) is 0.286. The largest absolute Gasteiger partial charge is 0.486 e. The number of benzene rings is 2. The van der Waals surface area contributed by atoms with Crippen LogP contribution in [0, 0.1) is 13.8 Å². The number of hydrogen-bond donors (Lipinski definition) is 1. The number of fused-ring (bicyclic) bond motifs is 2. The maximum absolute atomic E-state index is 12.4. The van der Waals surface area contributed by atoms with Gasteiger partial charge in [0.25, 0.3) is 0 Å². The highest BCUT2D eigenvalue weighted by Gasteiger charge is 2.17. The molecule has 0 aliphatic carbocycles. The third-order valence-electron chi connectivity index (χ3n) is 4.74. The maximum atomic E-state index is 12.4. The van der Waals surface area contributed by atoms with Crippen LogP contribution in [0.1, 0.15) is 22.3 Å². The molecule has 0 radical (unpaired) electrons. The monoisotopic (exact) mass is 351 g/mol. The Morgan fingerprint density at radius 3 is 2.77 bits per heavy atom. The van der Waals surface area contributed by atoms with Crippen LogP contribution in [0.5, 0.6) is 11.5 Å². The maximum Gasteiger partial charge on any atom is 0.224 e. The van der Waals surface area contributed by atoms with E-state index < -0.39 is 0 Å². The zero-order chi connectivity index (χ0) is 18.1. The van der Waals surface area contributed by atoms with Gasteiger partial charge >= 0.3 is 0 Å². The third kappa shape index (κ3) is 3.12. The molecule has 1 aliphatic rings. The first-order valence-electron chi connectivity index (χ1n) is 8.73. The van der Waals surface area contributed by atoms with E-state index in [1.807, 2.05) is 24.3 Å². The number of hydrogen-bond acceptors (Lipinski definition) is 4. The molecule has 0 unspecified atom stereocenters. The van der Waals surface area contributed by atoms with Gasteiger partial charge in [0.1, 0.15) is 18.8 Å². The van der Waals surface area contributed by atoms with Crippen molar-refractivity contribution in [3.63, 3.8) is 0 Å². The molecule has 2 aromatic carbocycles. The summed E-state index contributed by atoms with van der Waals surface area (Å²) in [6.45, 7) is 5.59. The Kier molecular flexibility index (Phi) is 4.29. The van der Waals surface area contributed by atoms with Gasteiger partial charge < -0.3 is 19.2 Å². The van der Waals surface area contributed by atoms with Gasteiger partial charge in [-0.3, -0.25) is 4.79 Å². The van der Waals surface area contributed by atoms with Crippen molar-refractivity contribution in [3.05, 3.63) is 58.8 Å². The average molecular weight is 351 g/mol. The Hall–Kier alpha value is -2.95. The van der Waals surface area contributed by atoms with E-state index in [0.29, 0.717) is 19.8 Å². The van der Waals surface area contributed by atoms with Crippen LogP contribution in [-0.4, -0.2) is 19.1 Å². The van der Waals surface area contributed by atoms with Gasteiger partial charge in [-0.25, -0.2) is 0 Å². The third-order valence-corrected chi connectivity index (χ3v) is 4.74. The smallest absolute Gasteiger partial charge is 0.224 e. The second kappa shape index (κ2) is 6.75. The molecule has 3 aromatic rings. The quantitative estimate of drug-likeness (QED) is 0.779. The Bertz CT molecular complexity index is 974. The van der Waals surface area contributed by atoms with E-state index in [1.165, 1.54) is 11.1 Å². The topological polar surface area (TPSA) is 60.7 Å². The first-order chi connectivity index (χ1) is 12.6. The summed E-state index contributed by atoms with van der Waals surface area (Å²) in [6, 6.07) is 9.81. The summed E-state index contributed by atoms with van der Waals surface area (Å²) in [5.74, 6) is 1.40. The molecule has 0 spiro atoms. The first kappa shape index (κ1) is 16.5. The van der Waals surface area contributed by atoms with Crippen LogP contribution in [0.25, 0.3) is 11.0 Å². The number of rotatable bonds is 4. The lowest BCUT2D eigenvalue weighted by Gasteiger charge is -2.21. The van der Waals surface area contributed by atoms with Crippen molar-refractivity contribution in [2.45, 2.75) is 26.8 Å². The molecule has 0 atom stereocenters. The minimum Gasteiger partial charge on any atom is -0.486 e. The van der Waals surface area contributed by atoms with Crippen LogP contribution < -0.4 is 14.8 Å². The van der Waals surface area contributed by atoms with Gasteiger partial charge in [-0.15, -0.1) is 0 Å². The minimum atomic E-state index is -0.0553. The van der Waals surface area contributed by atoms with Crippen molar-refractivity contribution < 1.29 is 18.7 Å². The van der Waals surface area contributed by atoms with Gasteiger partial charge in [0.05, 0.1) is 12.7 Å². The molecule has 1 aliphatic heterocycles. The van der Waals surface area contributed by atoms with E-state index in [-0.39, 0.29) is 12.3 Å². The van der Waals surface area contributed by atoms with E-state index in [9.17, 15) is 4.79 Å². The Morgan fingerprint density at radius 1 is 1.08 bits per heavy atom. The molecule has 1 N–H and O–H groups in total. The van der Waals surface area contributed by atoms with Crippen molar-refractivity contribution in [1.82, 2.24) is 5.32 Å². The lowest BCUT2D eigenvalue weighted by molar-refractivity contribution is -0.120. The van der Waals surface area contributed by atoms with Gasteiger partial charge in [-0.2, -0.15) is 0 Å². The van der Waals surface area contributed by atoms with Crippen molar-refractivity contribution in [2.75, 3.05) is 13.2 Å². The normalized spacial score (nSPS) is 13.0. The van der Waals surface area contributed by atoms with Crippen LogP contribution in [0.4, 0.5) is 0 Å². The summed E-state index contributed by atoms with van der Waals surface area (Å²) < 4.78 is 16.9. The van der Waals surface area contributed by atoms with Crippen molar-refractivity contribution in [1.29, 1.82) is 0 Å². The number of aryl methyl sites for hydroxylation is 2. The van der Waals surface area contributed by atoms with Crippen molar-refractivity contribution >= 4 is 16.9 Å². The summed E-state index contributed by atoms with van der Waals surface area (Å²) in [6.07, 6.45) is 1.95. The number of amides is 1. The molecular weight excluding hydrogens is 330 g/mol. The lowest BCUT2D eigenvalue weighted by atomic mass is 10.0. The molecule has 0 fully saturated rings. The average Bonchev–Trinajstić information content (AvgIpc) is 3.02. The summed E-state index contributed by atoms with van der Waals surface area (Å²) in [5.41, 5.74) is 5.00. The zero-order valence-corrected chi connectivity index (χ0v) is 14.9. The molecule has 5 nitrogen and oxygen atoms in total. The molecule has 1 aromatic heterocycles. The van der Waals surface area contributed by atoms with E-state index in [1.54, 1.807) is 6.26 Å². The molecule has 2 heterocycles. The standard InChI is InChI=1S/C21H21NO4/c1-13-8-17-16(12-26-19(17)9-14(13)2)10-20(23)22-11-15-4-3-5-18-21(15)25-7-6-24-18/h3-5,8-9,12H,6-7,10-11H2,1-2H3,(H,22,23). The zero-order valence-electron chi connectivity index (χ0n) is 14.9. The number of ether oxygens (including phenoxy) is 2. The summed E-state index contributed by atoms with van der Waals surface area (Å²) in [5, 5.41) is 3.96. The van der Waals surface area contributed by atoms with Gasteiger partial charge in [-0.1, -0.05) is 12.1 Å². The van der Waals surface area contributed by atoms with Crippen molar-refractivity contribution in [3.8, 4) is 11.5 Å². The molecule has 4 rings (SSSR count). The van der Waals surface area contributed by atoms with Crippen LogP contribution >= 0.6 is 0 Å². The summed E-state index contributed by atoms with van der Waals surface area (Å²) in [4.78, 5) is 12.4. The number of furan rings is 1. The Labute approximate surface area is 151 Å². The molecular formula is C21H21NO4. The number of carbonyl (C=O) groups excluding carboxylic acids is 1. The molecule has 134 valence electrons. The molecule has 1 amide bonds. The minimum absolute atomic E-state index is 0.0553. The Balaban J connectivity index is 1.46. The predicted molar refractivity (Wildman–Crippen MR) is 98.7 cm³/mol. The first-order valence-corrected chi connectivity index (χ1v) is 8.73.